The van der Waals surface area contributed by atoms with E-state index >= 15 is 0 Å². The second kappa shape index (κ2) is 5.64. The summed E-state index contributed by atoms with van der Waals surface area (Å²) >= 11 is 6.42. The van der Waals surface area contributed by atoms with Gasteiger partial charge in [0.2, 0.25) is 0 Å². The highest BCUT2D eigenvalue weighted by Gasteiger charge is 2.24. The SMILES string of the molecule is Clc1ccc2oc3c(cc4c5ccccc5n5c6cccc7c8ccccc8n(c76)c3c45)c2c1. The summed E-state index contributed by atoms with van der Waals surface area (Å²) in [7, 11) is 0. The van der Waals surface area contributed by atoms with Gasteiger partial charge in [-0.05, 0) is 42.5 Å². The molecular formula is C30H15ClN2O. The van der Waals surface area contributed by atoms with Gasteiger partial charge in [-0.3, -0.25) is 0 Å². The molecular weight excluding hydrogens is 440 g/mol. The van der Waals surface area contributed by atoms with Gasteiger partial charge in [-0.1, -0.05) is 60.1 Å². The van der Waals surface area contributed by atoms with E-state index in [4.69, 9.17) is 16.0 Å². The maximum absolute atomic E-state index is 6.59. The third kappa shape index (κ3) is 1.82. The van der Waals surface area contributed by atoms with Crippen LogP contribution in [0.3, 0.4) is 0 Å². The predicted octanol–water partition coefficient (Wildman–Crippen LogP) is 8.80. The molecule has 0 N–H and O–H groups in total. The third-order valence-corrected chi connectivity index (χ3v) is 7.70. The summed E-state index contributed by atoms with van der Waals surface area (Å²) in [6.45, 7) is 0. The lowest BCUT2D eigenvalue weighted by Crippen LogP contribution is -1.97. The van der Waals surface area contributed by atoms with Crippen molar-refractivity contribution in [3.63, 3.8) is 0 Å². The number of halogens is 1. The molecule has 0 saturated carbocycles. The van der Waals surface area contributed by atoms with Crippen LogP contribution in [0.15, 0.2) is 95.4 Å². The summed E-state index contributed by atoms with van der Waals surface area (Å²) in [4.78, 5) is 0. The summed E-state index contributed by atoms with van der Waals surface area (Å²) in [6, 6.07) is 32.1. The number of aromatic nitrogens is 2. The lowest BCUT2D eigenvalue weighted by Gasteiger charge is -2.11. The summed E-state index contributed by atoms with van der Waals surface area (Å²) in [5, 5.41) is 7.81. The van der Waals surface area contributed by atoms with Crippen molar-refractivity contribution in [2.24, 2.45) is 0 Å². The van der Waals surface area contributed by atoms with E-state index in [1.54, 1.807) is 0 Å². The van der Waals surface area contributed by atoms with Gasteiger partial charge in [-0.2, -0.15) is 0 Å². The standard InChI is InChI=1S/C30H15ClN2O/c31-16-12-13-26-20(14-16)22-15-21-18-7-2-3-9-23(18)32-25-11-5-8-19-17-6-1-4-10-24(17)33(27(19)25)29(28(21)32)30(22)34-26/h1-15H. The van der Waals surface area contributed by atoms with Crippen LogP contribution in [0.2, 0.25) is 5.02 Å². The maximum atomic E-state index is 6.59. The topological polar surface area (TPSA) is 22.0 Å². The summed E-state index contributed by atoms with van der Waals surface area (Å²) < 4.78 is 11.4. The van der Waals surface area contributed by atoms with E-state index in [1.165, 1.54) is 49.1 Å². The first-order chi connectivity index (χ1) is 16.8. The van der Waals surface area contributed by atoms with E-state index in [-0.39, 0.29) is 0 Å². The molecule has 0 amide bonds. The number of fused-ring (bicyclic) bond motifs is 12. The summed E-state index contributed by atoms with van der Waals surface area (Å²) in [5.41, 5.74) is 8.83. The highest BCUT2D eigenvalue weighted by atomic mass is 35.5. The number of hydrogen-bond acceptors (Lipinski definition) is 1. The largest absolute Gasteiger partial charge is 0.454 e. The Kier molecular flexibility index (Phi) is 2.87. The van der Waals surface area contributed by atoms with Crippen molar-refractivity contribution >= 4 is 88.2 Å². The molecule has 0 radical (unpaired) electrons. The van der Waals surface area contributed by atoms with Crippen LogP contribution in [0.5, 0.6) is 0 Å². The number of para-hydroxylation sites is 3. The van der Waals surface area contributed by atoms with E-state index < -0.39 is 0 Å². The van der Waals surface area contributed by atoms with E-state index in [9.17, 15) is 0 Å². The molecule has 0 aliphatic rings. The minimum Gasteiger partial charge on any atom is -0.454 e. The fraction of sp³-hybridized carbons (Fsp3) is 0. The molecule has 34 heavy (non-hydrogen) atoms. The van der Waals surface area contributed by atoms with Gasteiger partial charge in [-0.15, -0.1) is 0 Å². The number of benzene rings is 5. The normalized spacial score (nSPS) is 12.9. The molecule has 0 aliphatic carbocycles. The molecule has 0 unspecified atom stereocenters. The van der Waals surface area contributed by atoms with Crippen molar-refractivity contribution < 1.29 is 4.42 Å². The van der Waals surface area contributed by atoms with Crippen molar-refractivity contribution in [1.82, 2.24) is 8.80 Å². The Morgan fingerprint density at radius 3 is 2.06 bits per heavy atom. The molecule has 0 bridgehead atoms. The van der Waals surface area contributed by atoms with Crippen molar-refractivity contribution in [3.05, 3.63) is 96.0 Å². The van der Waals surface area contributed by atoms with Crippen LogP contribution in [-0.4, -0.2) is 8.80 Å². The average molecular weight is 455 g/mol. The van der Waals surface area contributed by atoms with Gasteiger partial charge in [0.05, 0.1) is 27.6 Å². The second-order valence-electron chi connectivity index (χ2n) is 9.12. The van der Waals surface area contributed by atoms with Gasteiger partial charge < -0.3 is 13.2 Å². The quantitative estimate of drug-likeness (QED) is 0.210. The fourth-order valence-electron chi connectivity index (χ4n) is 6.18. The van der Waals surface area contributed by atoms with Crippen LogP contribution >= 0.6 is 11.6 Å². The first-order valence-electron chi connectivity index (χ1n) is 11.4. The lowest BCUT2D eigenvalue weighted by atomic mass is 10.1. The Bertz CT molecular complexity index is 2300. The van der Waals surface area contributed by atoms with Gasteiger partial charge in [0.1, 0.15) is 11.1 Å². The Hall–Kier alpha value is -4.21. The van der Waals surface area contributed by atoms with Crippen molar-refractivity contribution in [3.8, 4) is 0 Å². The second-order valence-corrected chi connectivity index (χ2v) is 9.56. The molecule has 4 aromatic heterocycles. The molecule has 3 nitrogen and oxygen atoms in total. The zero-order valence-corrected chi connectivity index (χ0v) is 18.6. The Labute approximate surface area is 197 Å². The molecule has 0 saturated heterocycles. The summed E-state index contributed by atoms with van der Waals surface area (Å²) in [6.07, 6.45) is 0. The Morgan fingerprint density at radius 2 is 1.21 bits per heavy atom. The third-order valence-electron chi connectivity index (χ3n) is 7.47. The molecule has 4 heterocycles. The van der Waals surface area contributed by atoms with E-state index in [0.29, 0.717) is 5.02 Å². The van der Waals surface area contributed by atoms with Gasteiger partial charge in [0.25, 0.3) is 0 Å². The molecule has 0 spiro atoms. The Balaban J connectivity index is 1.77. The van der Waals surface area contributed by atoms with Crippen LogP contribution in [0.1, 0.15) is 0 Å². The number of hydrogen-bond donors (Lipinski definition) is 0. The lowest BCUT2D eigenvalue weighted by molar-refractivity contribution is 0.671. The Morgan fingerprint density at radius 1 is 0.500 bits per heavy atom. The number of rotatable bonds is 0. The molecule has 158 valence electrons. The maximum Gasteiger partial charge on any atom is 0.161 e. The van der Waals surface area contributed by atoms with Crippen LogP contribution in [0, 0.1) is 0 Å². The zero-order chi connectivity index (χ0) is 22.1. The number of furan rings is 1. The first kappa shape index (κ1) is 17.3. The van der Waals surface area contributed by atoms with E-state index in [2.05, 4.69) is 81.6 Å². The highest BCUT2D eigenvalue weighted by molar-refractivity contribution is 6.33. The van der Waals surface area contributed by atoms with Crippen LogP contribution in [0.4, 0.5) is 0 Å². The predicted molar refractivity (Wildman–Crippen MR) is 142 cm³/mol. The molecule has 4 heteroatoms. The minimum atomic E-state index is 0.713. The van der Waals surface area contributed by atoms with Crippen LogP contribution in [0.25, 0.3) is 76.6 Å². The molecule has 0 aliphatic heterocycles. The van der Waals surface area contributed by atoms with E-state index in [0.717, 1.165) is 27.5 Å². The first-order valence-corrected chi connectivity index (χ1v) is 11.8. The highest BCUT2D eigenvalue weighted by Crippen LogP contribution is 2.45. The zero-order valence-electron chi connectivity index (χ0n) is 17.8. The molecule has 0 atom stereocenters. The minimum absolute atomic E-state index is 0.713. The van der Waals surface area contributed by atoms with Gasteiger partial charge in [0, 0.05) is 37.3 Å². The van der Waals surface area contributed by atoms with E-state index in [1.807, 2.05) is 18.2 Å². The van der Waals surface area contributed by atoms with Crippen LogP contribution in [-0.2, 0) is 0 Å². The smallest absolute Gasteiger partial charge is 0.161 e. The van der Waals surface area contributed by atoms with Gasteiger partial charge >= 0.3 is 0 Å². The monoisotopic (exact) mass is 454 g/mol. The average Bonchev–Trinajstić information content (AvgIpc) is 3.52. The molecule has 0 fully saturated rings. The number of nitrogens with zero attached hydrogens (tertiary/aromatic N) is 2. The molecule has 9 aromatic rings. The van der Waals surface area contributed by atoms with Crippen molar-refractivity contribution in [2.75, 3.05) is 0 Å². The summed E-state index contributed by atoms with van der Waals surface area (Å²) in [5.74, 6) is 0. The molecule has 5 aromatic carbocycles. The van der Waals surface area contributed by atoms with Crippen molar-refractivity contribution in [2.45, 2.75) is 0 Å². The van der Waals surface area contributed by atoms with Crippen molar-refractivity contribution in [1.29, 1.82) is 0 Å². The fourth-order valence-corrected chi connectivity index (χ4v) is 6.35. The van der Waals surface area contributed by atoms with Gasteiger partial charge in [-0.25, -0.2) is 0 Å². The van der Waals surface area contributed by atoms with Gasteiger partial charge in [0.15, 0.2) is 5.58 Å². The molecule has 9 rings (SSSR count). The van der Waals surface area contributed by atoms with Crippen LogP contribution < -0.4 is 0 Å².